The molecule has 104 valence electrons. The van der Waals surface area contributed by atoms with Crippen LogP contribution in [0.15, 0.2) is 43.0 Å². The van der Waals surface area contributed by atoms with E-state index in [2.05, 4.69) is 9.97 Å². The first-order valence-electron chi connectivity index (χ1n) is 6.38. The van der Waals surface area contributed by atoms with Gasteiger partial charge in [-0.3, -0.25) is 14.8 Å². The van der Waals surface area contributed by atoms with Gasteiger partial charge in [-0.05, 0) is 30.5 Å². The van der Waals surface area contributed by atoms with Crippen molar-refractivity contribution in [3.63, 3.8) is 0 Å². The molecule has 0 atom stereocenters. The molecule has 0 spiro atoms. The van der Waals surface area contributed by atoms with Gasteiger partial charge in [0.25, 0.3) is 0 Å². The third kappa shape index (κ3) is 4.76. The van der Waals surface area contributed by atoms with Gasteiger partial charge in [-0.25, -0.2) is 4.39 Å². The molecule has 0 bridgehead atoms. The summed E-state index contributed by atoms with van der Waals surface area (Å²) in [7, 11) is 0. The highest BCUT2D eigenvalue weighted by molar-refractivity contribution is 5.69. The maximum atomic E-state index is 12.9. The summed E-state index contributed by atoms with van der Waals surface area (Å²) in [5.74, 6) is -0.728. The van der Waals surface area contributed by atoms with Crippen molar-refractivity contribution < 1.29 is 13.9 Å². The quantitative estimate of drug-likeness (QED) is 0.760. The molecule has 0 radical (unpaired) electrons. The number of ether oxygens (including phenoxy) is 1. The molecule has 0 unspecified atom stereocenters. The summed E-state index contributed by atoms with van der Waals surface area (Å²) in [5, 5.41) is 0. The van der Waals surface area contributed by atoms with Gasteiger partial charge in [0.05, 0.1) is 6.20 Å². The van der Waals surface area contributed by atoms with E-state index >= 15 is 0 Å². The topological polar surface area (TPSA) is 52.1 Å². The first-order chi connectivity index (χ1) is 9.74. The number of carbonyl (C=O) groups excluding carboxylic acids is 1. The second kappa shape index (κ2) is 7.33. The molecule has 0 fully saturated rings. The molecule has 0 aliphatic heterocycles. The van der Waals surface area contributed by atoms with Crippen LogP contribution in [0.5, 0.6) is 0 Å². The van der Waals surface area contributed by atoms with Gasteiger partial charge < -0.3 is 4.74 Å². The fraction of sp³-hybridized carbons (Fsp3) is 0.267. The van der Waals surface area contributed by atoms with Crippen molar-refractivity contribution in [2.75, 3.05) is 0 Å². The van der Waals surface area contributed by atoms with Gasteiger partial charge >= 0.3 is 5.97 Å². The minimum atomic E-state index is -0.435. The molecule has 20 heavy (non-hydrogen) atoms. The Balaban J connectivity index is 1.68. The van der Waals surface area contributed by atoms with Crippen LogP contribution in [0.2, 0.25) is 0 Å². The van der Waals surface area contributed by atoms with Gasteiger partial charge in [0, 0.05) is 30.6 Å². The van der Waals surface area contributed by atoms with E-state index in [1.165, 1.54) is 12.3 Å². The molecule has 2 aromatic rings. The highest BCUT2D eigenvalue weighted by Crippen LogP contribution is 2.06. The van der Waals surface area contributed by atoms with Crippen LogP contribution >= 0.6 is 0 Å². The first-order valence-corrected chi connectivity index (χ1v) is 6.38. The molecule has 0 aliphatic rings. The van der Waals surface area contributed by atoms with E-state index in [1.807, 2.05) is 12.1 Å². The smallest absolute Gasteiger partial charge is 0.306 e. The van der Waals surface area contributed by atoms with Gasteiger partial charge in [0.2, 0.25) is 0 Å². The number of carbonyl (C=O) groups is 1. The van der Waals surface area contributed by atoms with E-state index in [0.29, 0.717) is 18.4 Å². The van der Waals surface area contributed by atoms with Crippen molar-refractivity contribution in [1.29, 1.82) is 0 Å². The minimum absolute atomic E-state index is 0.0521. The van der Waals surface area contributed by atoms with Crippen molar-refractivity contribution in [3.05, 3.63) is 59.9 Å². The number of pyridine rings is 2. The Hall–Kier alpha value is -2.30. The van der Waals surface area contributed by atoms with E-state index in [0.717, 1.165) is 18.2 Å². The van der Waals surface area contributed by atoms with Crippen molar-refractivity contribution in [2.45, 2.75) is 25.9 Å². The van der Waals surface area contributed by atoms with E-state index in [1.54, 1.807) is 12.4 Å². The van der Waals surface area contributed by atoms with Crippen molar-refractivity contribution >= 4 is 5.97 Å². The lowest BCUT2D eigenvalue weighted by atomic mass is 10.1. The molecule has 5 heteroatoms. The maximum Gasteiger partial charge on any atom is 0.306 e. The molecule has 0 N–H and O–H groups in total. The van der Waals surface area contributed by atoms with Gasteiger partial charge in [-0.2, -0.15) is 0 Å². The number of nitrogens with zero attached hydrogens (tertiary/aromatic N) is 2. The van der Waals surface area contributed by atoms with Crippen LogP contribution in [0.3, 0.4) is 0 Å². The Morgan fingerprint density at radius 3 is 2.80 bits per heavy atom. The fourth-order valence-corrected chi connectivity index (χ4v) is 1.75. The molecule has 0 saturated heterocycles. The Morgan fingerprint density at radius 1 is 1.20 bits per heavy atom. The summed E-state index contributed by atoms with van der Waals surface area (Å²) < 4.78 is 17.9. The second-order valence-electron chi connectivity index (χ2n) is 4.39. The standard InChI is InChI=1S/C15H15FN2O2/c16-14-7-13(9-18-10-14)11-20-15(19)5-1-3-12-4-2-6-17-8-12/h2,4,6-10H,1,3,5,11H2. The SMILES string of the molecule is O=C(CCCc1cccnc1)OCc1cncc(F)c1. The van der Waals surface area contributed by atoms with E-state index in [9.17, 15) is 9.18 Å². The van der Waals surface area contributed by atoms with Gasteiger partial charge in [-0.1, -0.05) is 6.07 Å². The Morgan fingerprint density at radius 2 is 2.05 bits per heavy atom. The van der Waals surface area contributed by atoms with Crippen molar-refractivity contribution in [1.82, 2.24) is 9.97 Å². The Kier molecular flexibility index (Phi) is 5.17. The molecular formula is C15H15FN2O2. The molecule has 4 nitrogen and oxygen atoms in total. The van der Waals surface area contributed by atoms with Crippen LogP contribution in [-0.2, 0) is 22.6 Å². The van der Waals surface area contributed by atoms with Crippen LogP contribution in [0, 0.1) is 5.82 Å². The van der Waals surface area contributed by atoms with Crippen LogP contribution in [0.25, 0.3) is 0 Å². The third-order valence-corrected chi connectivity index (χ3v) is 2.73. The maximum absolute atomic E-state index is 12.9. The number of rotatable bonds is 6. The molecule has 2 heterocycles. The lowest BCUT2D eigenvalue weighted by Crippen LogP contribution is -2.05. The van der Waals surface area contributed by atoms with E-state index < -0.39 is 5.82 Å². The number of hydrogen-bond donors (Lipinski definition) is 0. The predicted octanol–water partition coefficient (Wildman–Crippen LogP) is 2.68. The zero-order valence-corrected chi connectivity index (χ0v) is 11.0. The van der Waals surface area contributed by atoms with Crippen LogP contribution in [0.1, 0.15) is 24.0 Å². The summed E-state index contributed by atoms with van der Waals surface area (Å²) in [5.41, 5.74) is 1.64. The lowest BCUT2D eigenvalue weighted by Gasteiger charge is -2.05. The monoisotopic (exact) mass is 274 g/mol. The number of hydrogen-bond acceptors (Lipinski definition) is 4. The van der Waals surface area contributed by atoms with Gasteiger partial charge in [-0.15, -0.1) is 0 Å². The number of halogens is 1. The fourth-order valence-electron chi connectivity index (χ4n) is 1.75. The minimum Gasteiger partial charge on any atom is -0.461 e. The average molecular weight is 274 g/mol. The zero-order valence-electron chi connectivity index (χ0n) is 11.0. The first kappa shape index (κ1) is 14.1. The molecule has 0 amide bonds. The van der Waals surface area contributed by atoms with Crippen molar-refractivity contribution in [2.24, 2.45) is 0 Å². The molecule has 0 saturated carbocycles. The summed E-state index contributed by atoms with van der Waals surface area (Å²) in [6.07, 6.45) is 7.90. The number of aryl methyl sites for hydroxylation is 1. The molecule has 0 aromatic carbocycles. The summed E-state index contributed by atoms with van der Waals surface area (Å²) in [4.78, 5) is 19.2. The molecule has 2 rings (SSSR count). The summed E-state index contributed by atoms with van der Waals surface area (Å²) in [6, 6.07) is 5.14. The third-order valence-electron chi connectivity index (χ3n) is 2.73. The summed E-state index contributed by atoms with van der Waals surface area (Å²) in [6.45, 7) is 0.0521. The van der Waals surface area contributed by atoms with Gasteiger partial charge in [0.1, 0.15) is 12.4 Å². The van der Waals surface area contributed by atoms with Crippen LogP contribution < -0.4 is 0 Å². The molecule has 0 aliphatic carbocycles. The normalized spacial score (nSPS) is 10.2. The summed E-state index contributed by atoms with van der Waals surface area (Å²) >= 11 is 0. The average Bonchev–Trinajstić information content (AvgIpc) is 2.46. The lowest BCUT2D eigenvalue weighted by molar-refractivity contribution is -0.145. The molecule has 2 aromatic heterocycles. The van der Waals surface area contributed by atoms with E-state index in [-0.39, 0.29) is 12.6 Å². The zero-order chi connectivity index (χ0) is 14.2. The molecular weight excluding hydrogens is 259 g/mol. The predicted molar refractivity (Wildman–Crippen MR) is 71.2 cm³/mol. The highest BCUT2D eigenvalue weighted by Gasteiger charge is 2.04. The van der Waals surface area contributed by atoms with Crippen LogP contribution in [0.4, 0.5) is 4.39 Å². The van der Waals surface area contributed by atoms with Gasteiger partial charge in [0.15, 0.2) is 0 Å². The Labute approximate surface area is 116 Å². The second-order valence-corrected chi connectivity index (χ2v) is 4.39. The van der Waals surface area contributed by atoms with E-state index in [4.69, 9.17) is 4.74 Å². The highest BCUT2D eigenvalue weighted by atomic mass is 19.1. The number of aromatic nitrogens is 2. The number of esters is 1. The van der Waals surface area contributed by atoms with Crippen LogP contribution in [-0.4, -0.2) is 15.9 Å². The Bertz CT molecular complexity index is 561. The van der Waals surface area contributed by atoms with Crippen molar-refractivity contribution in [3.8, 4) is 0 Å². The largest absolute Gasteiger partial charge is 0.461 e.